The summed E-state index contributed by atoms with van der Waals surface area (Å²) in [7, 11) is -3.11. The average molecular weight is 311 g/mol. The molecule has 0 amide bonds. The van der Waals surface area contributed by atoms with Gasteiger partial charge in [0.2, 0.25) is 0 Å². The third-order valence-electron chi connectivity index (χ3n) is 3.06. The van der Waals surface area contributed by atoms with Gasteiger partial charge >= 0.3 is 7.60 Å². The summed E-state index contributed by atoms with van der Waals surface area (Å²) < 4.78 is 30.2. The molecule has 0 aliphatic carbocycles. The van der Waals surface area contributed by atoms with Crippen molar-refractivity contribution in [1.82, 2.24) is 4.57 Å². The Labute approximate surface area is 125 Å². The lowest BCUT2D eigenvalue weighted by Crippen LogP contribution is -2.08. The fourth-order valence-electron chi connectivity index (χ4n) is 2.18. The number of hydrogen-bond acceptors (Lipinski definition) is 4. The van der Waals surface area contributed by atoms with E-state index in [0.717, 1.165) is 0 Å². The first kappa shape index (κ1) is 16.2. The summed E-state index contributed by atoms with van der Waals surface area (Å²) in [6.07, 6.45) is 2.02. The van der Waals surface area contributed by atoms with Crippen molar-refractivity contribution >= 4 is 18.5 Å². The van der Waals surface area contributed by atoms with E-state index >= 15 is 0 Å². The van der Waals surface area contributed by atoms with Gasteiger partial charge in [-0.25, -0.2) is 0 Å². The van der Waals surface area contributed by atoms with Crippen molar-refractivity contribution in [1.29, 1.82) is 0 Å². The Morgan fingerprint density at radius 3 is 2.52 bits per heavy atom. The molecule has 6 heteroatoms. The quantitative estimate of drug-likeness (QED) is 0.521. The van der Waals surface area contributed by atoms with Gasteiger partial charge in [-0.2, -0.15) is 0 Å². The van der Waals surface area contributed by atoms with Crippen LogP contribution in [-0.2, 0) is 24.9 Å². The monoisotopic (exact) mass is 311 g/mol. The molecule has 0 fully saturated rings. The lowest BCUT2D eigenvalue weighted by molar-refractivity contribution is 0.127. The highest BCUT2D eigenvalue weighted by Gasteiger charge is 2.23. The average Bonchev–Trinajstić information content (AvgIpc) is 2.88. The van der Waals surface area contributed by atoms with Crippen LogP contribution in [0.1, 0.15) is 13.8 Å². The molecule has 0 N–H and O–H groups in total. The molecule has 21 heavy (non-hydrogen) atoms. The Morgan fingerprint density at radius 1 is 1.10 bits per heavy atom. The van der Waals surface area contributed by atoms with E-state index in [1.165, 1.54) is 10.9 Å². The molecule has 0 unspecified atom stereocenters. The van der Waals surface area contributed by atoms with E-state index in [-0.39, 0.29) is 6.35 Å². The molecule has 1 aromatic heterocycles. The van der Waals surface area contributed by atoms with Gasteiger partial charge in [0.05, 0.1) is 19.8 Å². The van der Waals surface area contributed by atoms with Crippen molar-refractivity contribution in [2.75, 3.05) is 26.2 Å². The molecule has 1 aromatic carbocycles. The van der Waals surface area contributed by atoms with Gasteiger partial charge in [0.25, 0.3) is 0 Å². The third kappa shape index (κ3) is 4.42. The fraction of sp³-hybridized carbons (Fsp3) is 0.467. The van der Waals surface area contributed by atoms with E-state index in [0.29, 0.717) is 26.4 Å². The molecule has 0 saturated heterocycles. The highest BCUT2D eigenvalue weighted by atomic mass is 31.2. The van der Waals surface area contributed by atoms with E-state index in [1.54, 1.807) is 13.8 Å². The molecular weight excluding hydrogens is 289 g/mol. The summed E-state index contributed by atoms with van der Waals surface area (Å²) in [4.78, 5) is 0. The topological polar surface area (TPSA) is 49.7 Å². The fourth-order valence-corrected chi connectivity index (χ4v) is 3.54. The maximum Gasteiger partial charge on any atom is 0.356 e. The van der Waals surface area contributed by atoms with E-state index in [2.05, 4.69) is 22.8 Å². The van der Waals surface area contributed by atoms with E-state index in [9.17, 15) is 4.57 Å². The Morgan fingerprint density at radius 2 is 1.81 bits per heavy atom. The molecule has 0 spiro atoms. The molecule has 0 atom stereocenters. The number of hydrogen-bond donors (Lipinski definition) is 0. The first-order valence-electron chi connectivity index (χ1n) is 7.18. The van der Waals surface area contributed by atoms with Gasteiger partial charge in [0.15, 0.2) is 0 Å². The van der Waals surface area contributed by atoms with Crippen LogP contribution in [0.15, 0.2) is 36.5 Å². The van der Waals surface area contributed by atoms with Crippen molar-refractivity contribution in [3.8, 4) is 0 Å². The summed E-state index contributed by atoms with van der Waals surface area (Å²) in [5.74, 6) is 0. The van der Waals surface area contributed by atoms with Crippen molar-refractivity contribution in [2.45, 2.75) is 20.4 Å². The first-order chi connectivity index (χ1) is 10.2. The lowest BCUT2D eigenvalue weighted by atomic mass is 10.2. The molecule has 2 rings (SSSR count). The van der Waals surface area contributed by atoms with Crippen LogP contribution >= 0.6 is 7.60 Å². The number of para-hydroxylation sites is 1. The minimum atomic E-state index is -3.11. The number of nitrogens with zero attached hydrogens (tertiary/aromatic N) is 1. The van der Waals surface area contributed by atoms with E-state index in [4.69, 9.17) is 13.8 Å². The van der Waals surface area contributed by atoms with Crippen molar-refractivity contribution in [2.24, 2.45) is 0 Å². The maximum atomic E-state index is 12.2. The number of aromatic nitrogens is 1. The van der Waals surface area contributed by atoms with Crippen LogP contribution in [0.5, 0.6) is 0 Å². The van der Waals surface area contributed by atoms with Crippen LogP contribution < -0.4 is 0 Å². The first-order valence-corrected chi connectivity index (χ1v) is 8.91. The molecule has 0 aliphatic heterocycles. The van der Waals surface area contributed by atoms with Crippen LogP contribution in [0, 0.1) is 0 Å². The van der Waals surface area contributed by atoms with Crippen LogP contribution in [0.3, 0.4) is 0 Å². The van der Waals surface area contributed by atoms with Crippen LogP contribution in [0.2, 0.25) is 0 Å². The smallest absolute Gasteiger partial charge is 0.356 e. The largest absolute Gasteiger partial charge is 0.367 e. The van der Waals surface area contributed by atoms with Gasteiger partial charge in [-0.1, -0.05) is 18.2 Å². The summed E-state index contributed by atoms with van der Waals surface area (Å²) in [5, 5.41) is 1.20. The maximum absolute atomic E-state index is 12.2. The second kappa shape index (κ2) is 7.76. The van der Waals surface area contributed by atoms with Gasteiger partial charge in [-0.15, -0.1) is 0 Å². The minimum absolute atomic E-state index is 0.00607. The van der Waals surface area contributed by atoms with Crippen molar-refractivity contribution < 1.29 is 18.3 Å². The zero-order valence-electron chi connectivity index (χ0n) is 12.5. The Kier molecular flexibility index (Phi) is 6.00. The standard InChI is InChI=1S/C15H22NO4P/c1-3-19-21(17,20-4-2)13-18-12-11-16-10-9-14-7-5-6-8-15(14)16/h5-10H,3-4,11-13H2,1-2H3. The molecule has 5 nitrogen and oxygen atoms in total. The van der Waals surface area contributed by atoms with Crippen molar-refractivity contribution in [3.05, 3.63) is 36.5 Å². The molecule has 0 saturated carbocycles. The van der Waals surface area contributed by atoms with Gasteiger partial charge in [-0.3, -0.25) is 4.57 Å². The van der Waals surface area contributed by atoms with E-state index < -0.39 is 7.60 Å². The summed E-state index contributed by atoms with van der Waals surface area (Å²) in [6.45, 7) is 5.44. The van der Waals surface area contributed by atoms with Gasteiger partial charge < -0.3 is 18.4 Å². The molecule has 0 aliphatic rings. The molecule has 2 aromatic rings. The number of rotatable bonds is 9. The summed E-state index contributed by atoms with van der Waals surface area (Å²) in [6, 6.07) is 10.2. The highest BCUT2D eigenvalue weighted by molar-refractivity contribution is 7.53. The Balaban J connectivity index is 1.85. The minimum Gasteiger partial charge on any atom is -0.367 e. The van der Waals surface area contributed by atoms with Crippen LogP contribution in [-0.4, -0.2) is 30.7 Å². The predicted octanol–water partition coefficient (Wildman–Crippen LogP) is 3.88. The summed E-state index contributed by atoms with van der Waals surface area (Å²) >= 11 is 0. The second-order valence-corrected chi connectivity index (χ2v) is 6.55. The third-order valence-corrected chi connectivity index (χ3v) is 4.86. The Hall–Kier alpha value is -1.13. The number of benzene rings is 1. The number of fused-ring (bicyclic) bond motifs is 1. The molecule has 1 heterocycles. The van der Waals surface area contributed by atoms with Gasteiger partial charge in [0.1, 0.15) is 6.35 Å². The van der Waals surface area contributed by atoms with Gasteiger partial charge in [0, 0.05) is 18.3 Å². The summed E-state index contributed by atoms with van der Waals surface area (Å²) in [5.41, 5.74) is 1.17. The Bertz CT molecular complexity index is 600. The molecular formula is C15H22NO4P. The van der Waals surface area contributed by atoms with Crippen LogP contribution in [0.4, 0.5) is 0 Å². The van der Waals surface area contributed by atoms with Crippen molar-refractivity contribution in [3.63, 3.8) is 0 Å². The zero-order chi connectivity index (χ0) is 15.1. The lowest BCUT2D eigenvalue weighted by Gasteiger charge is -2.17. The normalized spacial score (nSPS) is 12.1. The second-order valence-electron chi connectivity index (χ2n) is 4.55. The zero-order valence-corrected chi connectivity index (χ0v) is 13.4. The molecule has 0 bridgehead atoms. The molecule has 0 radical (unpaired) electrons. The van der Waals surface area contributed by atoms with Crippen LogP contribution in [0.25, 0.3) is 10.9 Å². The number of ether oxygens (including phenoxy) is 1. The SMILES string of the molecule is CCOP(=O)(COCCn1ccc2ccccc21)OCC. The molecule has 116 valence electrons. The predicted molar refractivity (Wildman–Crippen MR) is 83.6 cm³/mol. The highest BCUT2D eigenvalue weighted by Crippen LogP contribution is 2.47. The van der Waals surface area contributed by atoms with Gasteiger partial charge in [-0.05, 0) is 31.4 Å². The van der Waals surface area contributed by atoms with E-state index in [1.807, 2.05) is 18.3 Å².